The number of nitrogens with zero attached hydrogens (tertiary/aromatic N) is 1. The van der Waals surface area contributed by atoms with Crippen molar-refractivity contribution in [1.82, 2.24) is 4.90 Å². The molecular weight excluding hydrogens is 214 g/mol. The van der Waals surface area contributed by atoms with Crippen molar-refractivity contribution in [3.63, 3.8) is 0 Å². The smallest absolute Gasteiger partial charge is 0.330 e. The maximum absolute atomic E-state index is 11.4. The van der Waals surface area contributed by atoms with Gasteiger partial charge in [0.25, 0.3) is 0 Å². The van der Waals surface area contributed by atoms with E-state index < -0.39 is 11.5 Å². The van der Waals surface area contributed by atoms with E-state index in [0.717, 1.165) is 19.3 Å². The molecule has 5 heteroatoms. The first kappa shape index (κ1) is 10.8. The second-order valence-corrected chi connectivity index (χ2v) is 5.83. The molecule has 2 unspecified atom stereocenters. The Morgan fingerprint density at radius 3 is 2.60 bits per heavy atom. The van der Waals surface area contributed by atoms with Gasteiger partial charge in [-0.05, 0) is 19.3 Å². The zero-order valence-corrected chi connectivity index (χ0v) is 9.50. The van der Waals surface area contributed by atoms with Gasteiger partial charge >= 0.3 is 5.97 Å². The van der Waals surface area contributed by atoms with Crippen molar-refractivity contribution in [2.75, 3.05) is 5.75 Å². The first-order valence-electron chi connectivity index (χ1n) is 5.19. The summed E-state index contributed by atoms with van der Waals surface area (Å²) < 4.78 is 0. The standard InChI is InChI=1S/C10H15NO3S/c1-7-4-10(5-15-7,9(13)14)11(6-12)8-2-3-8/h6-8H,2-5H2,1H3,(H,13,14). The lowest BCUT2D eigenvalue weighted by Gasteiger charge is -2.34. The molecule has 2 aliphatic rings. The molecule has 0 aromatic rings. The average molecular weight is 229 g/mol. The van der Waals surface area contributed by atoms with E-state index in [0.29, 0.717) is 17.4 Å². The summed E-state index contributed by atoms with van der Waals surface area (Å²) in [5.74, 6) is -0.322. The summed E-state index contributed by atoms with van der Waals surface area (Å²) in [6.07, 6.45) is 3.20. The molecular formula is C10H15NO3S. The zero-order chi connectivity index (χ0) is 11.1. The van der Waals surface area contributed by atoms with E-state index in [1.54, 1.807) is 16.7 Å². The van der Waals surface area contributed by atoms with Gasteiger partial charge in [0.1, 0.15) is 0 Å². The maximum Gasteiger partial charge on any atom is 0.330 e. The van der Waals surface area contributed by atoms with Gasteiger partial charge < -0.3 is 10.0 Å². The number of carbonyl (C=O) groups is 2. The van der Waals surface area contributed by atoms with Gasteiger partial charge in [0, 0.05) is 17.0 Å². The molecule has 84 valence electrons. The van der Waals surface area contributed by atoms with Gasteiger partial charge in [0.05, 0.1) is 0 Å². The minimum Gasteiger partial charge on any atom is -0.479 e. The predicted octanol–water partition coefficient (Wildman–Crippen LogP) is 0.956. The first-order valence-corrected chi connectivity index (χ1v) is 6.24. The van der Waals surface area contributed by atoms with Crippen LogP contribution in [-0.2, 0) is 9.59 Å². The molecule has 0 spiro atoms. The van der Waals surface area contributed by atoms with Crippen molar-refractivity contribution in [2.24, 2.45) is 0 Å². The molecule has 0 aromatic carbocycles. The van der Waals surface area contributed by atoms with Crippen molar-refractivity contribution >= 4 is 24.1 Å². The Morgan fingerprint density at radius 1 is 1.60 bits per heavy atom. The number of thioether (sulfide) groups is 1. The molecule has 1 saturated carbocycles. The second-order valence-electron chi connectivity index (χ2n) is 4.41. The lowest BCUT2D eigenvalue weighted by atomic mass is 9.94. The lowest BCUT2D eigenvalue weighted by molar-refractivity contribution is -0.154. The Hall–Kier alpha value is -0.710. The third-order valence-corrected chi connectivity index (χ3v) is 4.56. The van der Waals surface area contributed by atoms with Crippen LogP contribution in [0.25, 0.3) is 0 Å². The number of hydrogen-bond acceptors (Lipinski definition) is 3. The van der Waals surface area contributed by atoms with Gasteiger partial charge in [-0.2, -0.15) is 11.8 Å². The van der Waals surface area contributed by atoms with Crippen molar-refractivity contribution < 1.29 is 14.7 Å². The first-order chi connectivity index (χ1) is 7.10. The van der Waals surface area contributed by atoms with E-state index in [1.165, 1.54) is 0 Å². The van der Waals surface area contributed by atoms with Crippen LogP contribution in [0.15, 0.2) is 0 Å². The Bertz CT molecular complexity index is 292. The summed E-state index contributed by atoms with van der Waals surface area (Å²) >= 11 is 1.64. The van der Waals surface area contributed by atoms with Gasteiger partial charge in [0.2, 0.25) is 6.41 Å². The number of amides is 1. The van der Waals surface area contributed by atoms with Crippen LogP contribution >= 0.6 is 11.8 Å². The monoisotopic (exact) mass is 229 g/mol. The third kappa shape index (κ3) is 1.73. The minimum atomic E-state index is -0.937. The number of rotatable bonds is 4. The van der Waals surface area contributed by atoms with Gasteiger partial charge in [-0.25, -0.2) is 4.79 Å². The van der Waals surface area contributed by atoms with E-state index in [2.05, 4.69) is 0 Å². The Balaban J connectivity index is 2.24. The lowest BCUT2D eigenvalue weighted by Crippen LogP contribution is -2.55. The van der Waals surface area contributed by atoms with E-state index >= 15 is 0 Å². The second kappa shape index (κ2) is 3.70. The normalized spacial score (nSPS) is 35.1. The molecule has 15 heavy (non-hydrogen) atoms. The largest absolute Gasteiger partial charge is 0.479 e. The van der Waals surface area contributed by atoms with Crippen LogP contribution in [0.2, 0.25) is 0 Å². The minimum absolute atomic E-state index is 0.171. The molecule has 2 rings (SSSR count). The maximum atomic E-state index is 11.4. The Morgan fingerprint density at radius 2 is 2.27 bits per heavy atom. The van der Waals surface area contributed by atoms with Crippen LogP contribution < -0.4 is 0 Å². The van der Waals surface area contributed by atoms with Crippen LogP contribution in [0.5, 0.6) is 0 Å². The molecule has 1 heterocycles. The quantitative estimate of drug-likeness (QED) is 0.729. The fraction of sp³-hybridized carbons (Fsp3) is 0.800. The van der Waals surface area contributed by atoms with E-state index in [9.17, 15) is 14.7 Å². The molecule has 2 atom stereocenters. The highest BCUT2D eigenvalue weighted by Gasteiger charge is 2.53. The van der Waals surface area contributed by atoms with E-state index in [4.69, 9.17) is 0 Å². The van der Waals surface area contributed by atoms with Crippen molar-refractivity contribution in [2.45, 2.75) is 43.0 Å². The van der Waals surface area contributed by atoms with Crippen molar-refractivity contribution in [3.05, 3.63) is 0 Å². The summed E-state index contributed by atoms with van der Waals surface area (Å²) in [6, 6.07) is 0.171. The molecule has 1 amide bonds. The average Bonchev–Trinajstić information content (AvgIpc) is 2.92. The highest BCUT2D eigenvalue weighted by atomic mass is 32.2. The van der Waals surface area contributed by atoms with E-state index in [1.807, 2.05) is 6.92 Å². The third-order valence-electron chi connectivity index (χ3n) is 3.18. The number of hydrogen-bond donors (Lipinski definition) is 1. The van der Waals surface area contributed by atoms with Gasteiger partial charge in [-0.3, -0.25) is 4.79 Å². The molecule has 1 aliphatic carbocycles. The Labute approximate surface area is 93.0 Å². The van der Waals surface area contributed by atoms with Crippen molar-refractivity contribution in [1.29, 1.82) is 0 Å². The topological polar surface area (TPSA) is 57.6 Å². The molecule has 1 aliphatic heterocycles. The SMILES string of the molecule is CC1CC(C(=O)O)(N(C=O)C2CC2)CS1. The number of carboxylic acid groups (broad SMARTS) is 1. The summed E-state index contributed by atoms with van der Waals surface area (Å²) in [4.78, 5) is 24.0. The molecule has 0 bridgehead atoms. The predicted molar refractivity (Wildman–Crippen MR) is 57.8 cm³/mol. The zero-order valence-electron chi connectivity index (χ0n) is 8.68. The van der Waals surface area contributed by atoms with Crippen LogP contribution in [0.4, 0.5) is 0 Å². The summed E-state index contributed by atoms with van der Waals surface area (Å²) in [5.41, 5.74) is -0.937. The molecule has 1 saturated heterocycles. The van der Waals surface area contributed by atoms with Gasteiger partial charge in [0.15, 0.2) is 5.54 Å². The molecule has 2 fully saturated rings. The van der Waals surface area contributed by atoms with Gasteiger partial charge in [-0.1, -0.05) is 6.92 Å². The summed E-state index contributed by atoms with van der Waals surface area (Å²) in [7, 11) is 0. The fourth-order valence-electron chi connectivity index (χ4n) is 2.20. The molecule has 4 nitrogen and oxygen atoms in total. The van der Waals surface area contributed by atoms with Crippen LogP contribution in [-0.4, -0.2) is 45.0 Å². The number of aliphatic carboxylic acids is 1. The molecule has 1 N–H and O–H groups in total. The van der Waals surface area contributed by atoms with Crippen LogP contribution in [0.3, 0.4) is 0 Å². The number of carbonyl (C=O) groups excluding carboxylic acids is 1. The van der Waals surface area contributed by atoms with E-state index in [-0.39, 0.29) is 6.04 Å². The highest BCUT2D eigenvalue weighted by Crippen LogP contribution is 2.42. The van der Waals surface area contributed by atoms with Crippen LogP contribution in [0.1, 0.15) is 26.2 Å². The highest BCUT2D eigenvalue weighted by molar-refractivity contribution is 8.00. The van der Waals surface area contributed by atoms with Crippen molar-refractivity contribution in [3.8, 4) is 0 Å². The fourth-order valence-corrected chi connectivity index (χ4v) is 3.55. The molecule has 0 aromatic heterocycles. The summed E-state index contributed by atoms with van der Waals surface area (Å²) in [5, 5.41) is 9.67. The summed E-state index contributed by atoms with van der Waals surface area (Å²) in [6.45, 7) is 2.02. The molecule has 0 radical (unpaired) electrons. The number of carboxylic acids is 1. The van der Waals surface area contributed by atoms with Gasteiger partial charge in [-0.15, -0.1) is 0 Å². The van der Waals surface area contributed by atoms with Crippen LogP contribution in [0, 0.1) is 0 Å². The Kier molecular flexibility index (Phi) is 2.66.